The highest BCUT2D eigenvalue weighted by Gasteiger charge is 2.16. The fourth-order valence-corrected chi connectivity index (χ4v) is 2.54. The van der Waals surface area contributed by atoms with Gasteiger partial charge in [0, 0.05) is 11.3 Å². The fraction of sp³-hybridized carbons (Fsp3) is 0.364. The number of ether oxygens (including phenoxy) is 2. The minimum Gasteiger partial charge on any atom is -0.479 e. The highest BCUT2D eigenvalue weighted by Crippen LogP contribution is 2.17. The van der Waals surface area contributed by atoms with Crippen LogP contribution < -0.4 is 10.1 Å². The van der Waals surface area contributed by atoms with Gasteiger partial charge in [-0.1, -0.05) is 25.5 Å². The zero-order valence-corrected chi connectivity index (χ0v) is 16.2. The lowest BCUT2D eigenvalue weighted by Crippen LogP contribution is -2.26. The number of rotatable bonds is 9. The largest absolute Gasteiger partial charge is 0.479 e. The van der Waals surface area contributed by atoms with Crippen LogP contribution in [0.2, 0.25) is 0 Å². The van der Waals surface area contributed by atoms with E-state index in [2.05, 4.69) is 12.2 Å². The van der Waals surface area contributed by atoms with Crippen LogP contribution in [0.1, 0.15) is 49.5 Å². The topological polar surface area (TPSA) is 64.6 Å². The van der Waals surface area contributed by atoms with Crippen LogP contribution in [0.4, 0.5) is 5.69 Å². The predicted octanol–water partition coefficient (Wildman–Crippen LogP) is 4.61. The first-order chi connectivity index (χ1) is 13.0. The number of esters is 1. The normalized spacial score (nSPS) is 11.5. The van der Waals surface area contributed by atoms with E-state index in [1.165, 1.54) is 5.56 Å². The zero-order chi connectivity index (χ0) is 19.6. The Hall–Kier alpha value is -2.82. The SMILES string of the molecule is CCCCc1ccc(NC(=O)c2ccc(O[C@H](C)C(=O)OCC)cc2)cc1. The smallest absolute Gasteiger partial charge is 0.347 e. The summed E-state index contributed by atoms with van der Waals surface area (Å²) in [5, 5.41) is 2.88. The molecule has 1 atom stereocenters. The third kappa shape index (κ3) is 6.44. The fourth-order valence-electron chi connectivity index (χ4n) is 2.54. The average molecular weight is 369 g/mol. The molecule has 0 aromatic heterocycles. The third-order valence-electron chi connectivity index (χ3n) is 4.08. The van der Waals surface area contributed by atoms with Crippen molar-refractivity contribution in [2.75, 3.05) is 11.9 Å². The second-order valence-electron chi connectivity index (χ2n) is 6.29. The molecule has 0 bridgehead atoms. The van der Waals surface area contributed by atoms with Crippen LogP contribution in [0.3, 0.4) is 0 Å². The van der Waals surface area contributed by atoms with E-state index in [1.807, 2.05) is 24.3 Å². The second-order valence-corrected chi connectivity index (χ2v) is 6.29. The van der Waals surface area contributed by atoms with E-state index in [4.69, 9.17) is 9.47 Å². The Bertz CT molecular complexity index is 738. The zero-order valence-electron chi connectivity index (χ0n) is 16.2. The molecular formula is C22H27NO4. The van der Waals surface area contributed by atoms with E-state index in [0.29, 0.717) is 17.9 Å². The maximum Gasteiger partial charge on any atom is 0.347 e. The van der Waals surface area contributed by atoms with Crippen LogP contribution in [0.5, 0.6) is 5.75 Å². The molecule has 0 unspecified atom stereocenters. The van der Waals surface area contributed by atoms with Crippen LogP contribution >= 0.6 is 0 Å². The number of aryl methyl sites for hydroxylation is 1. The summed E-state index contributed by atoms with van der Waals surface area (Å²) in [6.45, 7) is 5.85. The molecular weight excluding hydrogens is 342 g/mol. The van der Waals surface area contributed by atoms with Gasteiger partial charge in [-0.3, -0.25) is 4.79 Å². The summed E-state index contributed by atoms with van der Waals surface area (Å²) >= 11 is 0. The lowest BCUT2D eigenvalue weighted by atomic mass is 10.1. The monoisotopic (exact) mass is 369 g/mol. The molecule has 0 aliphatic heterocycles. The Labute approximate surface area is 160 Å². The van der Waals surface area contributed by atoms with Gasteiger partial charge in [0.25, 0.3) is 5.91 Å². The van der Waals surface area contributed by atoms with Crippen molar-refractivity contribution >= 4 is 17.6 Å². The van der Waals surface area contributed by atoms with Gasteiger partial charge in [-0.2, -0.15) is 0 Å². The van der Waals surface area contributed by atoms with Crippen LogP contribution in [0.15, 0.2) is 48.5 Å². The van der Waals surface area contributed by atoms with Crippen molar-refractivity contribution in [1.29, 1.82) is 0 Å². The minimum atomic E-state index is -0.698. The van der Waals surface area contributed by atoms with Crippen molar-refractivity contribution in [3.63, 3.8) is 0 Å². The van der Waals surface area contributed by atoms with Crippen molar-refractivity contribution in [3.05, 3.63) is 59.7 Å². The minimum absolute atomic E-state index is 0.193. The number of benzene rings is 2. The summed E-state index contributed by atoms with van der Waals surface area (Å²) in [6.07, 6.45) is 2.68. The number of nitrogens with one attached hydrogen (secondary N) is 1. The summed E-state index contributed by atoms with van der Waals surface area (Å²) in [6, 6.07) is 14.6. The molecule has 0 radical (unpaired) electrons. The van der Waals surface area contributed by atoms with E-state index in [-0.39, 0.29) is 5.91 Å². The summed E-state index contributed by atoms with van der Waals surface area (Å²) in [5.41, 5.74) is 2.55. The molecule has 1 N–H and O–H groups in total. The molecule has 144 valence electrons. The van der Waals surface area contributed by atoms with Gasteiger partial charge >= 0.3 is 5.97 Å². The third-order valence-corrected chi connectivity index (χ3v) is 4.08. The first-order valence-electron chi connectivity index (χ1n) is 9.37. The molecule has 0 aliphatic carbocycles. The number of unbranched alkanes of at least 4 members (excludes halogenated alkanes) is 1. The predicted molar refractivity (Wildman–Crippen MR) is 106 cm³/mol. The van der Waals surface area contributed by atoms with Crippen LogP contribution in [0.25, 0.3) is 0 Å². The van der Waals surface area contributed by atoms with Crippen molar-refractivity contribution in [2.45, 2.75) is 46.1 Å². The van der Waals surface area contributed by atoms with Crippen molar-refractivity contribution < 1.29 is 19.1 Å². The average Bonchev–Trinajstić information content (AvgIpc) is 2.68. The van der Waals surface area contributed by atoms with E-state index in [1.54, 1.807) is 38.1 Å². The number of hydrogen-bond donors (Lipinski definition) is 1. The molecule has 0 fully saturated rings. The summed E-state index contributed by atoms with van der Waals surface area (Å²) in [5.74, 6) is -0.101. The molecule has 1 amide bonds. The van der Waals surface area contributed by atoms with Crippen LogP contribution in [-0.4, -0.2) is 24.6 Å². The Morgan fingerprint density at radius 2 is 1.67 bits per heavy atom. The molecule has 0 spiro atoms. The van der Waals surface area contributed by atoms with Crippen LogP contribution in [-0.2, 0) is 16.0 Å². The van der Waals surface area contributed by atoms with Crippen LogP contribution in [0, 0.1) is 0 Å². The lowest BCUT2D eigenvalue weighted by molar-refractivity contribution is -0.150. The van der Waals surface area contributed by atoms with E-state index in [0.717, 1.165) is 24.9 Å². The Morgan fingerprint density at radius 1 is 1.00 bits per heavy atom. The Kier molecular flexibility index (Phi) is 7.86. The number of carbonyl (C=O) groups is 2. The van der Waals surface area contributed by atoms with Gasteiger partial charge in [0.15, 0.2) is 6.10 Å². The van der Waals surface area contributed by atoms with E-state index < -0.39 is 12.1 Å². The summed E-state index contributed by atoms with van der Waals surface area (Å²) < 4.78 is 10.4. The maximum atomic E-state index is 12.4. The number of anilines is 1. The van der Waals surface area contributed by atoms with Crippen molar-refractivity contribution in [3.8, 4) is 5.75 Å². The molecule has 5 nitrogen and oxygen atoms in total. The quantitative estimate of drug-likeness (QED) is 0.656. The molecule has 2 aromatic carbocycles. The van der Waals surface area contributed by atoms with Gasteiger partial charge in [0.05, 0.1) is 6.61 Å². The first kappa shape index (κ1) is 20.5. The molecule has 5 heteroatoms. The van der Waals surface area contributed by atoms with Gasteiger partial charge in [-0.05, 0) is 68.7 Å². The molecule has 2 rings (SSSR count). The van der Waals surface area contributed by atoms with Crippen molar-refractivity contribution in [2.24, 2.45) is 0 Å². The Balaban J connectivity index is 1.92. The van der Waals surface area contributed by atoms with E-state index in [9.17, 15) is 9.59 Å². The number of amides is 1. The highest BCUT2D eigenvalue weighted by molar-refractivity contribution is 6.04. The molecule has 0 saturated carbocycles. The van der Waals surface area contributed by atoms with Gasteiger partial charge in [0.1, 0.15) is 5.75 Å². The molecule has 27 heavy (non-hydrogen) atoms. The standard InChI is InChI=1S/C22H27NO4/c1-4-6-7-17-8-12-19(13-9-17)23-21(24)18-10-14-20(15-11-18)27-16(3)22(25)26-5-2/h8-16H,4-7H2,1-3H3,(H,23,24)/t16-/m1/s1. The van der Waals surface area contributed by atoms with Gasteiger partial charge in [0.2, 0.25) is 0 Å². The maximum absolute atomic E-state index is 12.4. The number of hydrogen-bond acceptors (Lipinski definition) is 4. The molecule has 0 heterocycles. The van der Waals surface area contributed by atoms with Gasteiger partial charge < -0.3 is 14.8 Å². The summed E-state index contributed by atoms with van der Waals surface area (Å²) in [4.78, 5) is 24.0. The summed E-state index contributed by atoms with van der Waals surface area (Å²) in [7, 11) is 0. The lowest BCUT2D eigenvalue weighted by Gasteiger charge is -2.13. The Morgan fingerprint density at radius 3 is 2.26 bits per heavy atom. The van der Waals surface area contributed by atoms with Gasteiger partial charge in [-0.25, -0.2) is 4.79 Å². The first-order valence-corrected chi connectivity index (χ1v) is 9.37. The highest BCUT2D eigenvalue weighted by atomic mass is 16.6. The molecule has 2 aromatic rings. The molecule has 0 saturated heterocycles. The van der Waals surface area contributed by atoms with Gasteiger partial charge in [-0.15, -0.1) is 0 Å². The second kappa shape index (κ2) is 10.4. The van der Waals surface area contributed by atoms with Crippen molar-refractivity contribution in [1.82, 2.24) is 0 Å². The van der Waals surface area contributed by atoms with E-state index >= 15 is 0 Å². The number of carbonyl (C=O) groups excluding carboxylic acids is 2. The molecule has 0 aliphatic rings.